The van der Waals surface area contributed by atoms with Gasteiger partial charge in [-0.2, -0.15) is 0 Å². The topological polar surface area (TPSA) is 119 Å². The Balaban J connectivity index is 1.73. The highest BCUT2D eigenvalue weighted by atomic mass is 35.5. The standard InChI is InChI=1S/C24H15Cl2N3O6/c25-16-9-15(21(20(26)11-16)35-13-14-5-2-1-3-6-14)10-19-22(30)27-24(32)28(23(19)31)17-7-4-8-18(12-17)29(33)34/h1-12H,13H2,(H,27,30,32)/b19-10+. The first kappa shape index (κ1) is 23.9. The first-order valence-corrected chi connectivity index (χ1v) is 10.8. The summed E-state index contributed by atoms with van der Waals surface area (Å²) in [6.07, 6.45) is 1.20. The fourth-order valence-corrected chi connectivity index (χ4v) is 3.93. The molecule has 0 saturated carbocycles. The lowest BCUT2D eigenvalue weighted by atomic mass is 10.1. The molecule has 176 valence electrons. The predicted molar refractivity (Wildman–Crippen MR) is 129 cm³/mol. The minimum Gasteiger partial charge on any atom is -0.487 e. The van der Waals surface area contributed by atoms with E-state index in [2.05, 4.69) is 5.32 Å². The van der Waals surface area contributed by atoms with Crippen LogP contribution in [0.2, 0.25) is 10.0 Å². The Kier molecular flexibility index (Phi) is 6.81. The first-order valence-electron chi connectivity index (χ1n) is 10.1. The second-order valence-electron chi connectivity index (χ2n) is 7.32. The molecule has 1 saturated heterocycles. The van der Waals surface area contributed by atoms with Crippen LogP contribution in [0.3, 0.4) is 0 Å². The maximum atomic E-state index is 13.2. The number of nitrogens with zero attached hydrogens (tertiary/aromatic N) is 2. The number of carbonyl (C=O) groups is 3. The van der Waals surface area contributed by atoms with Gasteiger partial charge in [0, 0.05) is 22.7 Å². The molecule has 0 radical (unpaired) electrons. The quantitative estimate of drug-likeness (QED) is 0.211. The highest BCUT2D eigenvalue weighted by molar-refractivity contribution is 6.40. The van der Waals surface area contributed by atoms with Gasteiger partial charge in [0.1, 0.15) is 17.9 Å². The van der Waals surface area contributed by atoms with Crippen LogP contribution < -0.4 is 15.0 Å². The first-order chi connectivity index (χ1) is 16.7. The monoisotopic (exact) mass is 511 g/mol. The number of carbonyl (C=O) groups excluding carboxylic acids is 3. The molecule has 1 fully saturated rings. The summed E-state index contributed by atoms with van der Waals surface area (Å²) in [6.45, 7) is 0.150. The molecule has 0 aliphatic carbocycles. The molecular weight excluding hydrogens is 497 g/mol. The summed E-state index contributed by atoms with van der Waals surface area (Å²) in [5.74, 6) is -1.76. The number of benzene rings is 3. The molecular formula is C24H15Cl2N3O6. The smallest absolute Gasteiger partial charge is 0.335 e. The summed E-state index contributed by atoms with van der Waals surface area (Å²) in [5.41, 5.74) is 0.254. The van der Waals surface area contributed by atoms with E-state index < -0.39 is 28.3 Å². The molecule has 3 aromatic rings. The minimum atomic E-state index is -1.04. The molecule has 1 N–H and O–H groups in total. The van der Waals surface area contributed by atoms with E-state index in [1.165, 1.54) is 36.4 Å². The number of imide groups is 2. The Hall–Kier alpha value is -4.21. The van der Waals surface area contributed by atoms with Crippen LogP contribution in [0, 0.1) is 10.1 Å². The van der Waals surface area contributed by atoms with Gasteiger partial charge < -0.3 is 4.74 Å². The summed E-state index contributed by atoms with van der Waals surface area (Å²) in [7, 11) is 0. The Bertz CT molecular complexity index is 1390. The van der Waals surface area contributed by atoms with Crippen LogP contribution in [0.25, 0.3) is 6.08 Å². The van der Waals surface area contributed by atoms with Crippen molar-refractivity contribution < 1.29 is 24.0 Å². The number of urea groups is 1. The van der Waals surface area contributed by atoms with E-state index in [1.807, 2.05) is 30.3 Å². The van der Waals surface area contributed by atoms with Crippen LogP contribution in [-0.4, -0.2) is 22.8 Å². The number of barbiturate groups is 1. The Morgan fingerprint density at radius 1 is 1.00 bits per heavy atom. The lowest BCUT2D eigenvalue weighted by Gasteiger charge is -2.26. The van der Waals surface area contributed by atoms with Crippen LogP contribution in [0.15, 0.2) is 72.3 Å². The summed E-state index contributed by atoms with van der Waals surface area (Å²) in [4.78, 5) is 49.3. The van der Waals surface area contributed by atoms with Crippen LogP contribution in [0.4, 0.5) is 16.2 Å². The van der Waals surface area contributed by atoms with Crippen molar-refractivity contribution in [3.63, 3.8) is 0 Å². The maximum Gasteiger partial charge on any atom is 0.335 e. The predicted octanol–water partition coefficient (Wildman–Crippen LogP) is 5.15. The number of anilines is 1. The summed E-state index contributed by atoms with van der Waals surface area (Å²) < 4.78 is 5.86. The number of nitro benzene ring substituents is 1. The zero-order chi connectivity index (χ0) is 25.1. The van der Waals surface area contributed by atoms with Gasteiger partial charge in [-0.25, -0.2) is 9.69 Å². The van der Waals surface area contributed by atoms with Crippen molar-refractivity contribution in [2.45, 2.75) is 6.61 Å². The highest BCUT2D eigenvalue weighted by Gasteiger charge is 2.37. The zero-order valence-corrected chi connectivity index (χ0v) is 19.2. The van der Waals surface area contributed by atoms with Gasteiger partial charge in [0.25, 0.3) is 17.5 Å². The van der Waals surface area contributed by atoms with Crippen molar-refractivity contribution in [3.8, 4) is 5.75 Å². The number of amides is 4. The Labute approximate surface area is 208 Å². The summed E-state index contributed by atoms with van der Waals surface area (Å²) in [6, 6.07) is 16.0. The van der Waals surface area contributed by atoms with Gasteiger partial charge >= 0.3 is 6.03 Å². The lowest BCUT2D eigenvalue weighted by molar-refractivity contribution is -0.384. The average molecular weight is 512 g/mol. The number of nitrogens with one attached hydrogen (secondary N) is 1. The second kappa shape index (κ2) is 9.96. The van der Waals surface area contributed by atoms with Crippen LogP contribution in [0.1, 0.15) is 11.1 Å². The maximum absolute atomic E-state index is 13.2. The normalized spacial score (nSPS) is 14.7. The number of hydrogen-bond acceptors (Lipinski definition) is 6. The molecule has 1 aliphatic rings. The molecule has 35 heavy (non-hydrogen) atoms. The van der Waals surface area contributed by atoms with Crippen LogP contribution in [0.5, 0.6) is 5.75 Å². The molecule has 0 unspecified atom stereocenters. The van der Waals surface area contributed by atoms with Crippen LogP contribution >= 0.6 is 23.2 Å². The molecule has 1 aliphatic heterocycles. The third-order valence-corrected chi connectivity index (χ3v) is 5.46. The number of nitro groups is 1. The molecule has 0 atom stereocenters. The third kappa shape index (κ3) is 5.16. The van der Waals surface area contributed by atoms with E-state index in [4.69, 9.17) is 27.9 Å². The molecule has 4 amide bonds. The molecule has 9 nitrogen and oxygen atoms in total. The van der Waals surface area contributed by atoms with E-state index in [0.717, 1.165) is 11.6 Å². The van der Waals surface area contributed by atoms with E-state index in [-0.39, 0.29) is 39.3 Å². The molecule has 1 heterocycles. The van der Waals surface area contributed by atoms with E-state index in [0.29, 0.717) is 4.90 Å². The second-order valence-corrected chi connectivity index (χ2v) is 8.16. The van der Waals surface area contributed by atoms with Gasteiger partial charge in [0.15, 0.2) is 0 Å². The average Bonchev–Trinajstić information content (AvgIpc) is 2.82. The van der Waals surface area contributed by atoms with Gasteiger partial charge in [-0.05, 0) is 29.8 Å². The van der Waals surface area contributed by atoms with Crippen molar-refractivity contribution in [3.05, 3.63) is 104 Å². The lowest BCUT2D eigenvalue weighted by Crippen LogP contribution is -2.54. The fourth-order valence-electron chi connectivity index (χ4n) is 3.36. The molecule has 11 heteroatoms. The van der Waals surface area contributed by atoms with Crippen molar-refractivity contribution in [2.75, 3.05) is 4.90 Å². The Morgan fingerprint density at radius 3 is 2.46 bits per heavy atom. The highest BCUT2D eigenvalue weighted by Crippen LogP contribution is 2.35. The SMILES string of the molecule is O=C1NC(=O)N(c2cccc([N+](=O)[O-])c2)C(=O)/C1=C/c1cc(Cl)cc(Cl)c1OCc1ccccc1. The van der Waals surface area contributed by atoms with Gasteiger partial charge in [0.05, 0.1) is 15.6 Å². The summed E-state index contributed by atoms with van der Waals surface area (Å²) in [5, 5.41) is 13.6. The van der Waals surface area contributed by atoms with Crippen molar-refractivity contribution in [1.82, 2.24) is 5.32 Å². The van der Waals surface area contributed by atoms with Crippen molar-refractivity contribution in [1.29, 1.82) is 0 Å². The summed E-state index contributed by atoms with van der Waals surface area (Å²) >= 11 is 12.5. The minimum absolute atomic E-state index is 0.0789. The molecule has 0 bridgehead atoms. The number of hydrogen-bond donors (Lipinski definition) is 1. The third-order valence-electron chi connectivity index (χ3n) is 4.96. The fraction of sp³-hybridized carbons (Fsp3) is 0.0417. The zero-order valence-electron chi connectivity index (χ0n) is 17.7. The number of rotatable bonds is 6. The number of non-ortho nitro benzene ring substituents is 1. The molecule has 4 rings (SSSR count). The van der Waals surface area contributed by atoms with E-state index in [1.54, 1.807) is 0 Å². The van der Waals surface area contributed by atoms with E-state index >= 15 is 0 Å². The van der Waals surface area contributed by atoms with Gasteiger partial charge in [-0.3, -0.25) is 25.0 Å². The van der Waals surface area contributed by atoms with Gasteiger partial charge in [-0.1, -0.05) is 59.6 Å². The molecule has 0 spiro atoms. The van der Waals surface area contributed by atoms with Crippen molar-refractivity contribution in [2.24, 2.45) is 0 Å². The number of ether oxygens (including phenoxy) is 1. The number of halogens is 2. The van der Waals surface area contributed by atoms with Crippen LogP contribution in [-0.2, 0) is 16.2 Å². The van der Waals surface area contributed by atoms with Gasteiger partial charge in [0.2, 0.25) is 0 Å². The molecule has 3 aromatic carbocycles. The van der Waals surface area contributed by atoms with Crippen molar-refractivity contribution >= 4 is 58.5 Å². The van der Waals surface area contributed by atoms with Gasteiger partial charge in [-0.15, -0.1) is 0 Å². The molecule has 0 aromatic heterocycles. The Morgan fingerprint density at radius 2 is 1.74 bits per heavy atom. The van der Waals surface area contributed by atoms with E-state index in [9.17, 15) is 24.5 Å². The largest absolute Gasteiger partial charge is 0.487 e.